The van der Waals surface area contributed by atoms with Crippen LogP contribution in [-0.2, 0) is 0 Å². The van der Waals surface area contributed by atoms with Crippen molar-refractivity contribution < 1.29 is 4.79 Å². The highest BCUT2D eigenvalue weighted by atomic mass is 16.1. The summed E-state index contributed by atoms with van der Waals surface area (Å²) in [6.07, 6.45) is 2.83. The van der Waals surface area contributed by atoms with Crippen LogP contribution in [0.4, 0.5) is 0 Å². The quantitative estimate of drug-likeness (QED) is 0.750. The van der Waals surface area contributed by atoms with Crippen molar-refractivity contribution >= 4 is 16.8 Å². The number of carbonyl (C=O) groups is 1. The van der Waals surface area contributed by atoms with Crippen LogP contribution in [0.15, 0.2) is 47.4 Å². The van der Waals surface area contributed by atoms with E-state index in [-0.39, 0.29) is 11.3 Å². The van der Waals surface area contributed by atoms with E-state index >= 15 is 0 Å². The second-order valence-electron chi connectivity index (χ2n) is 5.01. The monoisotopic (exact) mass is 293 g/mol. The second-order valence-corrected chi connectivity index (χ2v) is 5.01. The van der Waals surface area contributed by atoms with E-state index in [2.05, 4.69) is 15.0 Å². The van der Waals surface area contributed by atoms with Crippen LogP contribution >= 0.6 is 0 Å². The molecule has 1 N–H and O–H groups in total. The van der Waals surface area contributed by atoms with E-state index in [9.17, 15) is 9.59 Å². The van der Waals surface area contributed by atoms with E-state index in [0.29, 0.717) is 34.4 Å². The summed E-state index contributed by atoms with van der Waals surface area (Å²) in [6.45, 7) is 1.96. The lowest BCUT2D eigenvalue weighted by atomic mass is 10.0. The number of H-pyrrole nitrogens is 1. The standard InChI is InChI=1S/C17H15N3O2/c1-2-6-14(21)11-7-3-4-8-12(11)16-19-15-13(17(22)20-16)9-5-10-18-15/h3-5,7-10H,2,6H2,1H3,(H,18,19,20,22). The molecule has 0 bridgehead atoms. The van der Waals surface area contributed by atoms with Gasteiger partial charge in [0.15, 0.2) is 11.4 Å². The molecule has 2 heterocycles. The van der Waals surface area contributed by atoms with Crippen molar-refractivity contribution in [2.45, 2.75) is 19.8 Å². The number of aromatic nitrogens is 3. The summed E-state index contributed by atoms with van der Waals surface area (Å²) in [5.41, 5.74) is 1.32. The van der Waals surface area contributed by atoms with Gasteiger partial charge in [0.1, 0.15) is 5.82 Å². The van der Waals surface area contributed by atoms with Crippen molar-refractivity contribution in [3.8, 4) is 11.4 Å². The van der Waals surface area contributed by atoms with Crippen LogP contribution in [0.3, 0.4) is 0 Å². The van der Waals surface area contributed by atoms with Crippen LogP contribution < -0.4 is 5.56 Å². The predicted molar refractivity (Wildman–Crippen MR) is 84.8 cm³/mol. The molecule has 0 saturated carbocycles. The van der Waals surface area contributed by atoms with Gasteiger partial charge in [-0.3, -0.25) is 9.59 Å². The zero-order chi connectivity index (χ0) is 15.5. The number of rotatable bonds is 4. The van der Waals surface area contributed by atoms with Gasteiger partial charge in [-0.05, 0) is 18.6 Å². The molecule has 0 amide bonds. The number of ketones is 1. The van der Waals surface area contributed by atoms with Crippen molar-refractivity contribution in [1.82, 2.24) is 15.0 Å². The molecule has 0 atom stereocenters. The molecule has 110 valence electrons. The molecule has 0 aliphatic rings. The fourth-order valence-electron chi connectivity index (χ4n) is 2.39. The van der Waals surface area contributed by atoms with Gasteiger partial charge in [-0.2, -0.15) is 0 Å². The third kappa shape index (κ3) is 2.53. The first-order valence-electron chi connectivity index (χ1n) is 7.18. The molecule has 3 aromatic rings. The molecule has 1 aromatic carbocycles. The summed E-state index contributed by atoms with van der Waals surface area (Å²) < 4.78 is 0. The van der Waals surface area contributed by atoms with Crippen molar-refractivity contribution in [2.75, 3.05) is 0 Å². The highest BCUT2D eigenvalue weighted by molar-refractivity contribution is 6.01. The van der Waals surface area contributed by atoms with Crippen LogP contribution in [0.2, 0.25) is 0 Å². The lowest BCUT2D eigenvalue weighted by Gasteiger charge is -2.08. The number of hydrogen-bond acceptors (Lipinski definition) is 4. The van der Waals surface area contributed by atoms with Crippen molar-refractivity contribution in [1.29, 1.82) is 0 Å². The summed E-state index contributed by atoms with van der Waals surface area (Å²) in [4.78, 5) is 35.7. The SMILES string of the molecule is CCCC(=O)c1ccccc1-c1nc2ncccc2c(=O)[nH]1. The summed E-state index contributed by atoms with van der Waals surface area (Å²) in [5, 5.41) is 0.434. The van der Waals surface area contributed by atoms with E-state index in [1.54, 1.807) is 30.5 Å². The number of hydrogen-bond donors (Lipinski definition) is 1. The Kier molecular flexibility index (Phi) is 3.78. The van der Waals surface area contributed by atoms with Crippen LogP contribution in [0, 0.1) is 0 Å². The smallest absolute Gasteiger partial charge is 0.260 e. The lowest BCUT2D eigenvalue weighted by molar-refractivity contribution is 0.0982. The normalized spacial score (nSPS) is 10.8. The Morgan fingerprint density at radius 2 is 2.00 bits per heavy atom. The number of aromatic amines is 1. The maximum Gasteiger partial charge on any atom is 0.260 e. The molecule has 0 unspecified atom stereocenters. The first kappa shape index (κ1) is 14.1. The summed E-state index contributed by atoms with van der Waals surface area (Å²) in [5.74, 6) is 0.415. The molecule has 2 aromatic heterocycles. The van der Waals surface area contributed by atoms with E-state index < -0.39 is 0 Å². The first-order valence-corrected chi connectivity index (χ1v) is 7.18. The Bertz CT molecular complexity index is 900. The third-order valence-corrected chi connectivity index (χ3v) is 3.44. The van der Waals surface area contributed by atoms with Gasteiger partial charge >= 0.3 is 0 Å². The van der Waals surface area contributed by atoms with Gasteiger partial charge < -0.3 is 4.98 Å². The van der Waals surface area contributed by atoms with Crippen LogP contribution in [0.25, 0.3) is 22.4 Å². The average Bonchev–Trinajstić information content (AvgIpc) is 2.55. The number of fused-ring (bicyclic) bond motifs is 1. The Morgan fingerprint density at radius 1 is 1.18 bits per heavy atom. The highest BCUT2D eigenvalue weighted by Crippen LogP contribution is 2.22. The molecule has 5 heteroatoms. The van der Waals surface area contributed by atoms with Crippen molar-refractivity contribution in [3.05, 3.63) is 58.5 Å². The Hall–Kier alpha value is -2.82. The number of carbonyl (C=O) groups excluding carboxylic acids is 1. The molecular formula is C17H15N3O2. The van der Waals surface area contributed by atoms with Gasteiger partial charge in [0.25, 0.3) is 5.56 Å². The number of nitrogens with one attached hydrogen (secondary N) is 1. The second kappa shape index (κ2) is 5.89. The van der Waals surface area contributed by atoms with E-state index in [1.807, 2.05) is 19.1 Å². The van der Waals surface area contributed by atoms with Gasteiger partial charge in [0.05, 0.1) is 5.39 Å². The number of nitrogens with zero attached hydrogens (tertiary/aromatic N) is 2. The molecular weight excluding hydrogens is 278 g/mol. The molecule has 0 saturated heterocycles. The summed E-state index contributed by atoms with van der Waals surface area (Å²) in [6, 6.07) is 10.5. The molecule has 0 aliphatic heterocycles. The average molecular weight is 293 g/mol. The maximum absolute atomic E-state index is 12.3. The zero-order valence-electron chi connectivity index (χ0n) is 12.2. The van der Waals surface area contributed by atoms with Gasteiger partial charge in [-0.25, -0.2) is 9.97 Å². The minimum Gasteiger partial charge on any atom is -0.306 e. The Morgan fingerprint density at radius 3 is 2.82 bits per heavy atom. The van der Waals surface area contributed by atoms with E-state index in [1.165, 1.54) is 0 Å². The molecule has 5 nitrogen and oxygen atoms in total. The molecule has 0 spiro atoms. The topological polar surface area (TPSA) is 75.7 Å². The lowest BCUT2D eigenvalue weighted by Crippen LogP contribution is -2.12. The van der Waals surface area contributed by atoms with E-state index in [0.717, 1.165) is 6.42 Å². The number of Topliss-reactive ketones (excluding diaryl/α,β-unsaturated/α-hetero) is 1. The van der Waals surface area contributed by atoms with Crippen LogP contribution in [0.1, 0.15) is 30.1 Å². The van der Waals surface area contributed by atoms with Crippen LogP contribution in [0.5, 0.6) is 0 Å². The number of pyridine rings is 1. The summed E-state index contributed by atoms with van der Waals surface area (Å²) in [7, 11) is 0. The largest absolute Gasteiger partial charge is 0.306 e. The van der Waals surface area contributed by atoms with Gasteiger partial charge in [0, 0.05) is 23.7 Å². The molecule has 0 fully saturated rings. The van der Waals surface area contributed by atoms with Gasteiger partial charge in [0.2, 0.25) is 0 Å². The molecule has 22 heavy (non-hydrogen) atoms. The van der Waals surface area contributed by atoms with Gasteiger partial charge in [-0.15, -0.1) is 0 Å². The first-order chi connectivity index (χ1) is 10.7. The maximum atomic E-state index is 12.3. The van der Waals surface area contributed by atoms with E-state index in [4.69, 9.17) is 0 Å². The fourth-order valence-corrected chi connectivity index (χ4v) is 2.39. The summed E-state index contributed by atoms with van der Waals surface area (Å²) >= 11 is 0. The minimum absolute atomic E-state index is 0.0434. The zero-order valence-corrected chi connectivity index (χ0v) is 12.2. The minimum atomic E-state index is -0.258. The Balaban J connectivity index is 2.20. The molecule has 0 radical (unpaired) electrons. The molecule has 0 aliphatic carbocycles. The van der Waals surface area contributed by atoms with Crippen LogP contribution in [-0.4, -0.2) is 20.7 Å². The Labute approximate surface area is 127 Å². The predicted octanol–water partition coefficient (Wildman–Crippen LogP) is 2.97. The highest BCUT2D eigenvalue weighted by Gasteiger charge is 2.14. The van der Waals surface area contributed by atoms with Crippen molar-refractivity contribution in [3.63, 3.8) is 0 Å². The third-order valence-electron chi connectivity index (χ3n) is 3.44. The van der Waals surface area contributed by atoms with Gasteiger partial charge in [-0.1, -0.05) is 31.2 Å². The fraction of sp³-hybridized carbons (Fsp3) is 0.176. The number of benzene rings is 1. The van der Waals surface area contributed by atoms with Crippen molar-refractivity contribution in [2.24, 2.45) is 0 Å². The molecule has 3 rings (SSSR count).